The van der Waals surface area contributed by atoms with Crippen LogP contribution in [0.3, 0.4) is 0 Å². The monoisotopic (exact) mass is 297 g/mol. The van der Waals surface area contributed by atoms with Gasteiger partial charge in [0.25, 0.3) is 0 Å². The molecular formula is C15H17F2NOS. The Morgan fingerprint density at radius 3 is 2.65 bits per heavy atom. The predicted molar refractivity (Wildman–Crippen MR) is 77.5 cm³/mol. The SMILES string of the molecule is CSCc1ccc(CNC(C)c2ccc(F)cc2F)o1. The Balaban J connectivity index is 1.95. The lowest BCUT2D eigenvalue weighted by molar-refractivity contribution is 0.436. The highest BCUT2D eigenvalue weighted by atomic mass is 32.2. The lowest BCUT2D eigenvalue weighted by atomic mass is 10.1. The number of thioether (sulfide) groups is 1. The average molecular weight is 297 g/mol. The molecule has 0 aliphatic heterocycles. The van der Waals surface area contributed by atoms with Gasteiger partial charge < -0.3 is 9.73 Å². The first-order chi connectivity index (χ1) is 9.60. The molecule has 0 aliphatic carbocycles. The van der Waals surface area contributed by atoms with Crippen LogP contribution < -0.4 is 5.32 Å². The molecule has 1 unspecified atom stereocenters. The van der Waals surface area contributed by atoms with Gasteiger partial charge in [-0.3, -0.25) is 0 Å². The van der Waals surface area contributed by atoms with E-state index in [9.17, 15) is 8.78 Å². The maximum absolute atomic E-state index is 13.6. The van der Waals surface area contributed by atoms with Crippen molar-refractivity contribution >= 4 is 11.8 Å². The van der Waals surface area contributed by atoms with E-state index in [2.05, 4.69) is 5.32 Å². The summed E-state index contributed by atoms with van der Waals surface area (Å²) in [4.78, 5) is 0. The molecule has 0 saturated heterocycles. The van der Waals surface area contributed by atoms with Gasteiger partial charge in [-0.1, -0.05) is 6.07 Å². The number of rotatable bonds is 6. The molecule has 2 rings (SSSR count). The maximum Gasteiger partial charge on any atom is 0.130 e. The summed E-state index contributed by atoms with van der Waals surface area (Å²) >= 11 is 1.69. The molecule has 0 radical (unpaired) electrons. The first kappa shape index (κ1) is 15.1. The highest BCUT2D eigenvalue weighted by Crippen LogP contribution is 2.19. The number of halogens is 2. The molecule has 0 saturated carbocycles. The van der Waals surface area contributed by atoms with E-state index in [1.807, 2.05) is 25.3 Å². The molecule has 2 aromatic rings. The van der Waals surface area contributed by atoms with Crippen LogP contribution in [-0.2, 0) is 12.3 Å². The van der Waals surface area contributed by atoms with Crippen LogP contribution in [0.15, 0.2) is 34.7 Å². The van der Waals surface area contributed by atoms with Crippen molar-refractivity contribution < 1.29 is 13.2 Å². The zero-order chi connectivity index (χ0) is 14.5. The minimum atomic E-state index is -0.564. The van der Waals surface area contributed by atoms with E-state index < -0.39 is 11.6 Å². The number of nitrogens with one attached hydrogen (secondary N) is 1. The molecule has 1 aromatic heterocycles. The third-order valence-corrected chi connectivity index (χ3v) is 3.59. The fourth-order valence-electron chi connectivity index (χ4n) is 1.95. The Bertz CT molecular complexity index is 571. The molecular weight excluding hydrogens is 280 g/mol. The van der Waals surface area contributed by atoms with Crippen LogP contribution in [0.1, 0.15) is 30.0 Å². The average Bonchev–Trinajstić information content (AvgIpc) is 2.84. The van der Waals surface area contributed by atoms with Gasteiger partial charge in [-0.25, -0.2) is 8.78 Å². The summed E-state index contributed by atoms with van der Waals surface area (Å²) in [5.41, 5.74) is 0.447. The first-order valence-electron chi connectivity index (χ1n) is 6.35. The summed E-state index contributed by atoms with van der Waals surface area (Å²) < 4.78 is 32.1. The van der Waals surface area contributed by atoms with Gasteiger partial charge in [-0.15, -0.1) is 0 Å². The molecule has 0 aliphatic rings. The van der Waals surface area contributed by atoms with Crippen molar-refractivity contribution in [3.63, 3.8) is 0 Å². The Labute approximate surface area is 121 Å². The van der Waals surface area contributed by atoms with E-state index in [0.717, 1.165) is 23.3 Å². The minimum Gasteiger partial charge on any atom is -0.464 e. The first-order valence-corrected chi connectivity index (χ1v) is 7.74. The van der Waals surface area contributed by atoms with Crippen molar-refractivity contribution in [1.29, 1.82) is 0 Å². The van der Waals surface area contributed by atoms with Crippen molar-refractivity contribution in [3.8, 4) is 0 Å². The van der Waals surface area contributed by atoms with Crippen LogP contribution in [0, 0.1) is 11.6 Å². The van der Waals surface area contributed by atoms with Crippen LogP contribution in [0.5, 0.6) is 0 Å². The van der Waals surface area contributed by atoms with Gasteiger partial charge >= 0.3 is 0 Å². The van der Waals surface area contributed by atoms with E-state index in [1.54, 1.807) is 11.8 Å². The van der Waals surface area contributed by atoms with E-state index in [0.29, 0.717) is 12.1 Å². The van der Waals surface area contributed by atoms with Crippen molar-refractivity contribution in [3.05, 3.63) is 59.1 Å². The molecule has 0 amide bonds. The molecule has 0 fully saturated rings. The summed E-state index contributed by atoms with van der Waals surface area (Å²) in [6.45, 7) is 2.34. The van der Waals surface area contributed by atoms with Crippen LogP contribution in [0.2, 0.25) is 0 Å². The molecule has 1 N–H and O–H groups in total. The van der Waals surface area contributed by atoms with Gasteiger partial charge in [0.05, 0.1) is 12.3 Å². The smallest absolute Gasteiger partial charge is 0.130 e. The second-order valence-corrected chi connectivity index (χ2v) is 5.44. The lowest BCUT2D eigenvalue weighted by Gasteiger charge is -2.14. The molecule has 0 bridgehead atoms. The van der Waals surface area contributed by atoms with Gasteiger partial charge in [0.15, 0.2) is 0 Å². The highest BCUT2D eigenvalue weighted by molar-refractivity contribution is 7.97. The summed E-state index contributed by atoms with van der Waals surface area (Å²) in [5, 5.41) is 3.17. The van der Waals surface area contributed by atoms with E-state index in [1.165, 1.54) is 12.1 Å². The zero-order valence-electron chi connectivity index (χ0n) is 11.5. The van der Waals surface area contributed by atoms with Crippen LogP contribution in [0.25, 0.3) is 0 Å². The molecule has 1 heterocycles. The standard InChI is InChI=1S/C15H17F2NOS/c1-10(14-6-3-11(16)7-15(14)17)18-8-12-4-5-13(19-12)9-20-2/h3-7,10,18H,8-9H2,1-2H3. The number of hydrogen-bond acceptors (Lipinski definition) is 3. The van der Waals surface area contributed by atoms with Crippen LogP contribution in [-0.4, -0.2) is 6.26 Å². The van der Waals surface area contributed by atoms with Gasteiger partial charge in [0.2, 0.25) is 0 Å². The second kappa shape index (κ2) is 6.90. The number of furan rings is 1. The summed E-state index contributed by atoms with van der Waals surface area (Å²) in [6, 6.07) is 7.26. The van der Waals surface area contributed by atoms with E-state index in [-0.39, 0.29) is 6.04 Å². The number of benzene rings is 1. The largest absolute Gasteiger partial charge is 0.464 e. The van der Waals surface area contributed by atoms with Crippen molar-refractivity contribution in [2.45, 2.75) is 25.3 Å². The second-order valence-electron chi connectivity index (χ2n) is 4.57. The van der Waals surface area contributed by atoms with E-state index in [4.69, 9.17) is 4.42 Å². The van der Waals surface area contributed by atoms with Crippen LogP contribution in [0.4, 0.5) is 8.78 Å². The quantitative estimate of drug-likeness (QED) is 0.862. The summed E-state index contributed by atoms with van der Waals surface area (Å²) in [6.07, 6.45) is 2.01. The molecule has 20 heavy (non-hydrogen) atoms. The number of hydrogen-bond donors (Lipinski definition) is 1. The minimum absolute atomic E-state index is 0.218. The Morgan fingerprint density at radius 2 is 1.95 bits per heavy atom. The van der Waals surface area contributed by atoms with Crippen molar-refractivity contribution in [1.82, 2.24) is 5.32 Å². The molecule has 0 spiro atoms. The third kappa shape index (κ3) is 3.84. The van der Waals surface area contributed by atoms with Gasteiger partial charge in [-0.05, 0) is 31.4 Å². The predicted octanol–water partition coefficient (Wildman–Crippen LogP) is 4.27. The fraction of sp³-hybridized carbons (Fsp3) is 0.333. The molecule has 2 nitrogen and oxygen atoms in total. The summed E-state index contributed by atoms with van der Waals surface area (Å²) in [7, 11) is 0. The van der Waals surface area contributed by atoms with Crippen LogP contribution >= 0.6 is 11.8 Å². The normalized spacial score (nSPS) is 12.6. The lowest BCUT2D eigenvalue weighted by Crippen LogP contribution is -2.18. The Hall–Kier alpha value is -1.33. The maximum atomic E-state index is 13.6. The van der Waals surface area contributed by atoms with Gasteiger partial charge in [0.1, 0.15) is 23.2 Å². The fourth-order valence-corrected chi connectivity index (χ4v) is 2.39. The molecule has 108 valence electrons. The Kier molecular flexibility index (Phi) is 5.20. The highest BCUT2D eigenvalue weighted by Gasteiger charge is 2.12. The Morgan fingerprint density at radius 1 is 1.20 bits per heavy atom. The third-order valence-electron chi connectivity index (χ3n) is 3.02. The zero-order valence-corrected chi connectivity index (χ0v) is 12.3. The summed E-state index contributed by atoms with van der Waals surface area (Å²) in [5.74, 6) is 1.47. The molecule has 1 aromatic carbocycles. The molecule has 1 atom stereocenters. The van der Waals surface area contributed by atoms with E-state index >= 15 is 0 Å². The molecule has 5 heteroatoms. The van der Waals surface area contributed by atoms with Gasteiger partial charge in [-0.2, -0.15) is 11.8 Å². The topological polar surface area (TPSA) is 25.2 Å². The van der Waals surface area contributed by atoms with Crippen molar-refractivity contribution in [2.75, 3.05) is 6.26 Å². The van der Waals surface area contributed by atoms with Gasteiger partial charge in [0, 0.05) is 17.7 Å². The van der Waals surface area contributed by atoms with Crippen molar-refractivity contribution in [2.24, 2.45) is 0 Å².